The zero-order valence-electron chi connectivity index (χ0n) is 13.3. The summed E-state index contributed by atoms with van der Waals surface area (Å²) >= 11 is 0. The molecule has 6 nitrogen and oxygen atoms in total. The van der Waals surface area contributed by atoms with Crippen molar-refractivity contribution in [1.82, 2.24) is 14.6 Å². The van der Waals surface area contributed by atoms with Crippen LogP contribution in [0.5, 0.6) is 0 Å². The molecular formula is C16H21N3O3S. The molecule has 0 aliphatic carbocycles. The van der Waals surface area contributed by atoms with Crippen molar-refractivity contribution in [2.45, 2.75) is 31.8 Å². The van der Waals surface area contributed by atoms with Gasteiger partial charge in [-0.2, -0.15) is 0 Å². The van der Waals surface area contributed by atoms with Crippen LogP contribution in [0.4, 0.5) is 0 Å². The summed E-state index contributed by atoms with van der Waals surface area (Å²) in [5, 5.41) is 1.13. The standard InChI is InChI=1S/C16H21N3O3S/c1-16(6-8-23(21,22)18-16)10-15(20)19(2)11-12-3-4-13-5-7-17-14(13)9-12/h3-5,7,9,17-18H,6,8,10-11H2,1-2H3. The average molecular weight is 335 g/mol. The van der Waals surface area contributed by atoms with Gasteiger partial charge in [-0.05, 0) is 36.4 Å². The van der Waals surface area contributed by atoms with Crippen LogP contribution in [0, 0.1) is 0 Å². The Morgan fingerprint density at radius 2 is 2.13 bits per heavy atom. The van der Waals surface area contributed by atoms with E-state index >= 15 is 0 Å². The maximum atomic E-state index is 12.4. The Morgan fingerprint density at radius 1 is 1.35 bits per heavy atom. The predicted molar refractivity (Wildman–Crippen MR) is 89.3 cm³/mol. The molecule has 2 aromatic rings. The minimum Gasteiger partial charge on any atom is -0.361 e. The first-order valence-electron chi connectivity index (χ1n) is 7.58. The first kappa shape index (κ1) is 16.0. The summed E-state index contributed by atoms with van der Waals surface area (Å²) in [6.45, 7) is 2.28. The fourth-order valence-corrected chi connectivity index (χ4v) is 4.73. The van der Waals surface area contributed by atoms with Crippen LogP contribution in [-0.2, 0) is 21.4 Å². The molecular weight excluding hydrogens is 314 g/mol. The van der Waals surface area contributed by atoms with Gasteiger partial charge in [0.25, 0.3) is 0 Å². The summed E-state index contributed by atoms with van der Waals surface area (Å²) < 4.78 is 25.7. The van der Waals surface area contributed by atoms with Gasteiger partial charge in [-0.15, -0.1) is 0 Å². The molecule has 0 spiro atoms. The number of carbonyl (C=O) groups excluding carboxylic acids is 1. The Bertz CT molecular complexity index is 843. The molecule has 1 aliphatic heterocycles. The van der Waals surface area contributed by atoms with Gasteiger partial charge in [-0.3, -0.25) is 4.79 Å². The monoisotopic (exact) mass is 335 g/mol. The second kappa shape index (κ2) is 5.65. The lowest BCUT2D eigenvalue weighted by Gasteiger charge is -2.25. The fourth-order valence-electron chi connectivity index (χ4n) is 2.99. The molecule has 0 saturated carbocycles. The maximum absolute atomic E-state index is 12.4. The van der Waals surface area contributed by atoms with E-state index in [0.717, 1.165) is 16.5 Å². The van der Waals surface area contributed by atoms with E-state index in [1.807, 2.05) is 30.5 Å². The van der Waals surface area contributed by atoms with Crippen molar-refractivity contribution < 1.29 is 13.2 Å². The van der Waals surface area contributed by atoms with Gasteiger partial charge in [0.1, 0.15) is 0 Å². The SMILES string of the molecule is CN(Cc1ccc2cc[nH]c2c1)C(=O)CC1(C)CCS(=O)(=O)N1. The Morgan fingerprint density at radius 3 is 2.83 bits per heavy atom. The number of sulfonamides is 1. The summed E-state index contributed by atoms with van der Waals surface area (Å²) in [7, 11) is -1.48. The van der Waals surface area contributed by atoms with Crippen LogP contribution < -0.4 is 4.72 Å². The van der Waals surface area contributed by atoms with E-state index in [2.05, 4.69) is 9.71 Å². The van der Waals surface area contributed by atoms with Gasteiger partial charge in [0.15, 0.2) is 0 Å². The smallest absolute Gasteiger partial charge is 0.224 e. The lowest BCUT2D eigenvalue weighted by Crippen LogP contribution is -2.43. The van der Waals surface area contributed by atoms with Gasteiger partial charge in [0.05, 0.1) is 5.75 Å². The second-order valence-electron chi connectivity index (χ2n) is 6.56. The number of aromatic amines is 1. The molecule has 2 heterocycles. The third-order valence-electron chi connectivity index (χ3n) is 4.33. The predicted octanol–water partition coefficient (Wildman–Crippen LogP) is 1.60. The van der Waals surface area contributed by atoms with Gasteiger partial charge < -0.3 is 9.88 Å². The highest BCUT2D eigenvalue weighted by molar-refractivity contribution is 7.89. The molecule has 1 aromatic heterocycles. The highest BCUT2D eigenvalue weighted by atomic mass is 32.2. The third kappa shape index (κ3) is 3.56. The number of fused-ring (bicyclic) bond motifs is 1. The molecule has 1 aliphatic rings. The summed E-state index contributed by atoms with van der Waals surface area (Å²) in [5.74, 6) is 0.0213. The van der Waals surface area contributed by atoms with Crippen molar-refractivity contribution in [1.29, 1.82) is 0 Å². The number of aromatic nitrogens is 1. The number of hydrogen-bond acceptors (Lipinski definition) is 3. The minimum absolute atomic E-state index is 0.0660. The van der Waals surface area contributed by atoms with Crippen LogP contribution >= 0.6 is 0 Å². The molecule has 2 N–H and O–H groups in total. The molecule has 23 heavy (non-hydrogen) atoms. The van der Waals surface area contributed by atoms with Gasteiger partial charge in [-0.1, -0.05) is 12.1 Å². The number of benzene rings is 1. The van der Waals surface area contributed by atoms with Crippen LogP contribution in [0.1, 0.15) is 25.3 Å². The normalized spacial score (nSPS) is 23.2. The lowest BCUT2D eigenvalue weighted by molar-refractivity contribution is -0.131. The Labute approximate surface area is 135 Å². The molecule has 124 valence electrons. The topological polar surface area (TPSA) is 82.3 Å². The zero-order valence-corrected chi connectivity index (χ0v) is 14.1. The third-order valence-corrected chi connectivity index (χ3v) is 5.88. The van der Waals surface area contributed by atoms with E-state index in [4.69, 9.17) is 0 Å². The molecule has 1 unspecified atom stereocenters. The first-order valence-corrected chi connectivity index (χ1v) is 9.23. The highest BCUT2D eigenvalue weighted by Gasteiger charge is 2.39. The van der Waals surface area contributed by atoms with Gasteiger partial charge >= 0.3 is 0 Å². The quantitative estimate of drug-likeness (QED) is 0.890. The van der Waals surface area contributed by atoms with Crippen molar-refractivity contribution in [2.75, 3.05) is 12.8 Å². The van der Waals surface area contributed by atoms with Crippen LogP contribution in [0.15, 0.2) is 30.5 Å². The molecule has 0 radical (unpaired) electrons. The molecule has 1 fully saturated rings. The maximum Gasteiger partial charge on any atom is 0.224 e. The van der Waals surface area contributed by atoms with E-state index in [-0.39, 0.29) is 18.1 Å². The van der Waals surface area contributed by atoms with E-state index < -0.39 is 15.6 Å². The number of rotatable bonds is 4. The number of nitrogens with zero attached hydrogens (tertiary/aromatic N) is 1. The average Bonchev–Trinajstić information content (AvgIpc) is 3.02. The number of nitrogens with one attached hydrogen (secondary N) is 2. The Kier molecular flexibility index (Phi) is 3.93. The molecule has 1 saturated heterocycles. The molecule has 1 atom stereocenters. The second-order valence-corrected chi connectivity index (χ2v) is 8.40. The van der Waals surface area contributed by atoms with Crippen LogP contribution in [0.25, 0.3) is 10.9 Å². The van der Waals surface area contributed by atoms with E-state index in [9.17, 15) is 13.2 Å². The number of carbonyl (C=O) groups is 1. The van der Waals surface area contributed by atoms with Crippen LogP contribution in [0.3, 0.4) is 0 Å². The van der Waals surface area contributed by atoms with Crippen molar-refractivity contribution in [3.8, 4) is 0 Å². The largest absolute Gasteiger partial charge is 0.361 e. The van der Waals surface area contributed by atoms with Crippen molar-refractivity contribution in [2.24, 2.45) is 0 Å². The van der Waals surface area contributed by atoms with Crippen LogP contribution in [-0.4, -0.2) is 42.5 Å². The summed E-state index contributed by atoms with van der Waals surface area (Å²) in [4.78, 5) is 17.2. The number of amides is 1. The molecule has 1 amide bonds. The molecule has 7 heteroatoms. The summed E-state index contributed by atoms with van der Waals surface area (Å²) in [6.07, 6.45) is 2.52. The Balaban J connectivity index is 1.65. The lowest BCUT2D eigenvalue weighted by atomic mass is 9.95. The molecule has 1 aromatic carbocycles. The van der Waals surface area contributed by atoms with Crippen LogP contribution in [0.2, 0.25) is 0 Å². The number of hydrogen-bond donors (Lipinski definition) is 2. The first-order chi connectivity index (χ1) is 10.8. The van der Waals surface area contributed by atoms with Crippen molar-refractivity contribution in [3.05, 3.63) is 36.0 Å². The minimum atomic E-state index is -3.23. The van der Waals surface area contributed by atoms with E-state index in [0.29, 0.717) is 13.0 Å². The molecule has 0 bridgehead atoms. The fraction of sp³-hybridized carbons (Fsp3) is 0.438. The van der Waals surface area contributed by atoms with Crippen molar-refractivity contribution in [3.63, 3.8) is 0 Å². The van der Waals surface area contributed by atoms with Crippen molar-refractivity contribution >= 4 is 26.8 Å². The number of H-pyrrole nitrogens is 1. The Hall–Kier alpha value is -1.86. The highest BCUT2D eigenvalue weighted by Crippen LogP contribution is 2.24. The van der Waals surface area contributed by atoms with Gasteiger partial charge in [0.2, 0.25) is 15.9 Å². The van der Waals surface area contributed by atoms with E-state index in [1.165, 1.54) is 0 Å². The molecule has 3 rings (SSSR count). The van der Waals surface area contributed by atoms with Gasteiger partial charge in [0, 0.05) is 37.3 Å². The van der Waals surface area contributed by atoms with E-state index in [1.54, 1.807) is 18.9 Å². The zero-order chi connectivity index (χ0) is 16.7. The summed E-state index contributed by atoms with van der Waals surface area (Å²) in [5.41, 5.74) is 1.40. The summed E-state index contributed by atoms with van der Waals surface area (Å²) in [6, 6.07) is 8.05. The van der Waals surface area contributed by atoms with Gasteiger partial charge in [-0.25, -0.2) is 13.1 Å².